The minimum absolute atomic E-state index is 0.00756. The fraction of sp³-hybridized carbons (Fsp3) is 0.407. The highest BCUT2D eigenvalue weighted by Crippen LogP contribution is 2.33. The summed E-state index contributed by atoms with van der Waals surface area (Å²) in [7, 11) is 2.95. The second kappa shape index (κ2) is 10.4. The summed E-state index contributed by atoms with van der Waals surface area (Å²) in [6.07, 6.45) is 1.98. The Morgan fingerprint density at radius 1 is 1.09 bits per heavy atom. The topological polar surface area (TPSA) is 78.2 Å². The molecule has 7 heteroatoms. The summed E-state index contributed by atoms with van der Waals surface area (Å²) < 4.78 is 21.9. The molecule has 0 bridgehead atoms. The molecule has 1 saturated heterocycles. The Hall–Kier alpha value is -3.16. The molecule has 34 heavy (non-hydrogen) atoms. The monoisotopic (exact) mass is 465 g/mol. The number of ether oxygens (including phenoxy) is 3. The lowest BCUT2D eigenvalue weighted by molar-refractivity contribution is 0.0506. The molecule has 0 spiro atoms. The van der Waals surface area contributed by atoms with Crippen LogP contribution in [0.1, 0.15) is 51.6 Å². The number of carbonyl (C=O) groups is 1. The first-order valence-electron chi connectivity index (χ1n) is 11.5. The van der Waals surface area contributed by atoms with Crippen molar-refractivity contribution in [2.75, 3.05) is 34.1 Å². The molecule has 1 fully saturated rings. The Morgan fingerprint density at radius 3 is 2.56 bits per heavy atom. The van der Waals surface area contributed by atoms with Crippen LogP contribution in [0.3, 0.4) is 0 Å². The molecular formula is C27H31NO6. The van der Waals surface area contributed by atoms with Crippen LogP contribution in [-0.4, -0.2) is 45.0 Å². The molecular weight excluding hydrogens is 434 g/mol. The van der Waals surface area contributed by atoms with E-state index in [1.807, 2.05) is 26.0 Å². The van der Waals surface area contributed by atoms with E-state index in [0.29, 0.717) is 27.8 Å². The van der Waals surface area contributed by atoms with Crippen LogP contribution in [0.15, 0.2) is 45.6 Å². The number of hydrogen-bond acceptors (Lipinski definition) is 7. The van der Waals surface area contributed by atoms with E-state index in [1.54, 1.807) is 31.4 Å². The minimum Gasteiger partial charge on any atom is -0.467 e. The van der Waals surface area contributed by atoms with E-state index in [0.717, 1.165) is 49.4 Å². The second-order valence-corrected chi connectivity index (χ2v) is 8.80. The van der Waals surface area contributed by atoms with E-state index >= 15 is 0 Å². The quantitative estimate of drug-likeness (QED) is 0.374. The second-order valence-electron chi connectivity index (χ2n) is 8.80. The highest BCUT2D eigenvalue weighted by molar-refractivity contribution is 5.89. The van der Waals surface area contributed by atoms with Gasteiger partial charge in [0.05, 0.1) is 18.1 Å². The van der Waals surface area contributed by atoms with Gasteiger partial charge in [-0.05, 0) is 63.1 Å². The zero-order valence-corrected chi connectivity index (χ0v) is 20.2. The molecule has 0 saturated carbocycles. The van der Waals surface area contributed by atoms with Crippen LogP contribution in [0.2, 0.25) is 0 Å². The Balaban J connectivity index is 1.58. The van der Waals surface area contributed by atoms with E-state index < -0.39 is 0 Å². The van der Waals surface area contributed by atoms with Crippen molar-refractivity contribution in [3.63, 3.8) is 0 Å². The predicted octanol–water partition coefficient (Wildman–Crippen LogP) is 4.56. The molecule has 4 rings (SSSR count). The molecule has 3 aromatic rings. The number of piperidine rings is 1. The number of carbonyl (C=O) groups excluding carboxylic acids is 1. The summed E-state index contributed by atoms with van der Waals surface area (Å²) in [5, 5.41) is 0.571. The van der Waals surface area contributed by atoms with Gasteiger partial charge in [0.1, 0.15) is 17.1 Å². The van der Waals surface area contributed by atoms with Gasteiger partial charge in [-0.1, -0.05) is 12.1 Å². The van der Waals surface area contributed by atoms with Gasteiger partial charge in [0.25, 0.3) is 0 Å². The smallest absolute Gasteiger partial charge is 0.337 e. The van der Waals surface area contributed by atoms with E-state index in [-0.39, 0.29) is 24.1 Å². The number of fused-ring (bicyclic) bond motifs is 1. The Kier molecular flexibility index (Phi) is 7.34. The summed E-state index contributed by atoms with van der Waals surface area (Å²) in [6, 6.07) is 11.1. The molecule has 1 aliphatic rings. The maximum absolute atomic E-state index is 13.2. The average molecular weight is 466 g/mol. The largest absolute Gasteiger partial charge is 0.467 e. The first-order valence-corrected chi connectivity index (χ1v) is 11.5. The summed E-state index contributed by atoms with van der Waals surface area (Å²) in [4.78, 5) is 27.2. The number of methoxy groups -OCH3 is 2. The summed E-state index contributed by atoms with van der Waals surface area (Å²) >= 11 is 0. The van der Waals surface area contributed by atoms with Crippen molar-refractivity contribution in [3.05, 3.63) is 74.6 Å². The van der Waals surface area contributed by atoms with Gasteiger partial charge in [-0.2, -0.15) is 0 Å². The van der Waals surface area contributed by atoms with Crippen LogP contribution >= 0.6 is 0 Å². The lowest BCUT2D eigenvalue weighted by Gasteiger charge is -2.32. The normalized spacial score (nSPS) is 16.5. The molecule has 0 amide bonds. The zero-order valence-electron chi connectivity index (χ0n) is 20.2. The number of nitrogens with zero attached hydrogens (tertiary/aromatic N) is 1. The van der Waals surface area contributed by atoms with E-state index in [2.05, 4.69) is 4.90 Å². The lowest BCUT2D eigenvalue weighted by atomic mass is 9.92. The summed E-state index contributed by atoms with van der Waals surface area (Å²) in [6.45, 7) is 6.43. The average Bonchev–Trinajstić information content (AvgIpc) is 2.86. The van der Waals surface area contributed by atoms with Crippen LogP contribution in [0.5, 0.6) is 5.75 Å². The third kappa shape index (κ3) is 4.86. The van der Waals surface area contributed by atoms with Crippen LogP contribution in [0, 0.1) is 13.8 Å². The van der Waals surface area contributed by atoms with Crippen molar-refractivity contribution in [1.29, 1.82) is 0 Å². The third-order valence-electron chi connectivity index (χ3n) is 6.51. The van der Waals surface area contributed by atoms with Crippen LogP contribution in [-0.2, 0) is 16.0 Å². The van der Waals surface area contributed by atoms with Crippen molar-refractivity contribution in [2.24, 2.45) is 0 Å². The fourth-order valence-corrected chi connectivity index (χ4v) is 4.69. The molecule has 7 nitrogen and oxygen atoms in total. The van der Waals surface area contributed by atoms with Gasteiger partial charge >= 0.3 is 5.97 Å². The molecule has 2 heterocycles. The van der Waals surface area contributed by atoms with Crippen LogP contribution in [0.25, 0.3) is 11.0 Å². The fourth-order valence-electron chi connectivity index (χ4n) is 4.69. The SMILES string of the molecule is COCOc1ccc2c(=O)c(C)c(C3CCCN(Cc4ccc(C(=O)OC)cc4)C3)oc2c1C. The van der Waals surface area contributed by atoms with Gasteiger partial charge in [0, 0.05) is 37.2 Å². The van der Waals surface area contributed by atoms with Crippen LogP contribution < -0.4 is 10.2 Å². The highest BCUT2D eigenvalue weighted by Gasteiger charge is 2.27. The van der Waals surface area contributed by atoms with Gasteiger partial charge in [0.2, 0.25) is 0 Å². The van der Waals surface area contributed by atoms with Gasteiger partial charge in [0.15, 0.2) is 12.2 Å². The first-order chi connectivity index (χ1) is 16.4. The minimum atomic E-state index is -0.336. The van der Waals surface area contributed by atoms with Crippen molar-refractivity contribution in [3.8, 4) is 5.75 Å². The maximum Gasteiger partial charge on any atom is 0.337 e. The number of rotatable bonds is 7. The molecule has 1 unspecified atom stereocenters. The van der Waals surface area contributed by atoms with E-state index in [4.69, 9.17) is 18.6 Å². The first kappa shape index (κ1) is 24.0. The molecule has 2 aromatic carbocycles. The molecule has 180 valence electrons. The number of hydrogen-bond donors (Lipinski definition) is 0. The summed E-state index contributed by atoms with van der Waals surface area (Å²) in [5.74, 6) is 1.20. The molecule has 0 radical (unpaired) electrons. The predicted molar refractivity (Wildman–Crippen MR) is 129 cm³/mol. The summed E-state index contributed by atoms with van der Waals surface area (Å²) in [5.41, 5.74) is 3.72. The van der Waals surface area contributed by atoms with Gasteiger partial charge in [-0.15, -0.1) is 0 Å². The van der Waals surface area contributed by atoms with Gasteiger partial charge < -0.3 is 18.6 Å². The van der Waals surface area contributed by atoms with Crippen molar-refractivity contribution in [2.45, 2.75) is 39.2 Å². The van der Waals surface area contributed by atoms with Crippen molar-refractivity contribution >= 4 is 16.9 Å². The lowest BCUT2D eigenvalue weighted by Crippen LogP contribution is -2.34. The Morgan fingerprint density at radius 2 is 1.85 bits per heavy atom. The van der Waals surface area contributed by atoms with E-state index in [9.17, 15) is 9.59 Å². The Labute approximate surface area is 199 Å². The molecule has 1 atom stereocenters. The molecule has 1 aromatic heterocycles. The number of benzene rings is 2. The highest BCUT2D eigenvalue weighted by atomic mass is 16.7. The number of likely N-dealkylation sites (tertiary alicyclic amines) is 1. The van der Waals surface area contributed by atoms with Crippen LogP contribution in [0.4, 0.5) is 0 Å². The zero-order chi connectivity index (χ0) is 24.2. The van der Waals surface area contributed by atoms with Crippen molar-refractivity contribution in [1.82, 2.24) is 4.90 Å². The van der Waals surface area contributed by atoms with E-state index in [1.165, 1.54) is 7.11 Å². The third-order valence-corrected chi connectivity index (χ3v) is 6.51. The standard InChI is InChI=1S/C27H31NO6/c1-17-23(33-16-31-3)12-11-22-24(29)18(2)25(34-26(17)22)21-6-5-13-28(15-21)14-19-7-9-20(10-8-19)27(30)32-4/h7-12,21H,5-6,13-16H2,1-4H3. The molecule has 0 aliphatic carbocycles. The maximum atomic E-state index is 13.2. The number of esters is 1. The van der Waals surface area contributed by atoms with Gasteiger partial charge in [-0.3, -0.25) is 9.69 Å². The Bertz CT molecular complexity index is 1230. The molecule has 0 N–H and O–H groups in total. The number of aryl methyl sites for hydroxylation is 1. The van der Waals surface area contributed by atoms with Crippen molar-refractivity contribution < 1.29 is 23.4 Å². The van der Waals surface area contributed by atoms with Gasteiger partial charge in [-0.25, -0.2) is 4.79 Å². The molecule has 1 aliphatic heterocycles.